The van der Waals surface area contributed by atoms with Crippen molar-refractivity contribution in [1.29, 1.82) is 0 Å². The van der Waals surface area contributed by atoms with Gasteiger partial charge < -0.3 is 9.64 Å². The zero-order valence-electron chi connectivity index (χ0n) is 15.0. The summed E-state index contributed by atoms with van der Waals surface area (Å²) >= 11 is 0. The Bertz CT molecular complexity index is 408. The molecule has 0 spiro atoms. The molecular weight excluding hydrogens is 274 g/mol. The highest BCUT2D eigenvalue weighted by atomic mass is 16.6. The summed E-state index contributed by atoms with van der Waals surface area (Å²) in [5.74, 6) is -0.0782. The molecule has 0 aromatic rings. The van der Waals surface area contributed by atoms with Crippen LogP contribution in [0.4, 0.5) is 0 Å². The fourth-order valence-corrected chi connectivity index (χ4v) is 2.63. The Morgan fingerprint density at radius 1 is 1.14 bits per heavy atom. The summed E-state index contributed by atoms with van der Waals surface area (Å²) in [6, 6.07) is 0. The lowest BCUT2D eigenvalue weighted by molar-refractivity contribution is -0.168. The predicted octanol–water partition coefficient (Wildman–Crippen LogP) is 4.69. The van der Waals surface area contributed by atoms with E-state index < -0.39 is 11.0 Å². The van der Waals surface area contributed by atoms with Crippen LogP contribution >= 0.6 is 0 Å². The monoisotopic (exact) mass is 307 g/mol. The van der Waals surface area contributed by atoms with Crippen molar-refractivity contribution >= 4 is 5.97 Å². The highest BCUT2D eigenvalue weighted by Gasteiger charge is 2.34. The highest BCUT2D eigenvalue weighted by molar-refractivity contribution is 5.76. The number of ether oxygens (including phenoxy) is 1. The zero-order chi connectivity index (χ0) is 16.6. The second kappa shape index (κ2) is 8.40. The molecule has 0 aromatic carbocycles. The van der Waals surface area contributed by atoms with Gasteiger partial charge in [0.15, 0.2) is 0 Å². The molecule has 3 nitrogen and oxygen atoms in total. The second-order valence-electron chi connectivity index (χ2n) is 7.54. The maximum Gasteiger partial charge on any atom is 0.312 e. The van der Waals surface area contributed by atoms with E-state index >= 15 is 0 Å². The largest absolute Gasteiger partial charge is 0.457 e. The van der Waals surface area contributed by atoms with E-state index in [0.29, 0.717) is 6.54 Å². The maximum atomic E-state index is 12.5. The minimum absolute atomic E-state index is 0.0782. The molecule has 0 amide bonds. The van der Waals surface area contributed by atoms with Gasteiger partial charge in [-0.3, -0.25) is 4.79 Å². The summed E-state index contributed by atoms with van der Waals surface area (Å²) < 4.78 is 5.82. The third kappa shape index (κ3) is 6.67. The molecule has 0 saturated heterocycles. The third-order valence-corrected chi connectivity index (χ3v) is 4.04. The molecule has 0 unspecified atom stereocenters. The lowest BCUT2D eigenvalue weighted by Gasteiger charge is -2.35. The number of esters is 1. The number of rotatable bonds is 9. The van der Waals surface area contributed by atoms with Crippen LogP contribution in [0, 0.1) is 5.41 Å². The standard InChI is InChI=1S/C19H33NO2/c1-6-7-8-10-13-18(2,3)17(21)22-19(4,5)16-20-14-11-9-12-15-20/h9,11-12,14H,6-8,10,13,15-16H2,1-5H3. The van der Waals surface area contributed by atoms with Gasteiger partial charge in [-0.05, 0) is 46.4 Å². The first kappa shape index (κ1) is 18.8. The van der Waals surface area contributed by atoms with Gasteiger partial charge in [0.2, 0.25) is 0 Å². The summed E-state index contributed by atoms with van der Waals surface area (Å²) in [5.41, 5.74) is -0.879. The van der Waals surface area contributed by atoms with Crippen LogP contribution in [0.1, 0.15) is 66.7 Å². The quantitative estimate of drug-likeness (QED) is 0.457. The average Bonchev–Trinajstić information content (AvgIpc) is 2.43. The van der Waals surface area contributed by atoms with Crippen molar-refractivity contribution in [3.8, 4) is 0 Å². The van der Waals surface area contributed by atoms with E-state index in [1.54, 1.807) is 0 Å². The van der Waals surface area contributed by atoms with E-state index in [9.17, 15) is 4.79 Å². The van der Waals surface area contributed by atoms with Gasteiger partial charge in [0, 0.05) is 6.54 Å². The predicted molar refractivity (Wildman–Crippen MR) is 92.6 cm³/mol. The molecule has 0 atom stereocenters. The molecule has 1 aliphatic rings. The van der Waals surface area contributed by atoms with Crippen LogP contribution in [0.2, 0.25) is 0 Å². The number of unbranched alkanes of at least 4 members (excludes halogenated alkanes) is 3. The fraction of sp³-hybridized carbons (Fsp3) is 0.737. The molecule has 22 heavy (non-hydrogen) atoms. The van der Waals surface area contributed by atoms with Crippen LogP contribution in [0.25, 0.3) is 0 Å². The Morgan fingerprint density at radius 2 is 1.86 bits per heavy atom. The third-order valence-electron chi connectivity index (χ3n) is 4.04. The summed E-state index contributed by atoms with van der Waals surface area (Å²) in [7, 11) is 0. The van der Waals surface area contributed by atoms with E-state index in [4.69, 9.17) is 4.74 Å². The minimum atomic E-state index is -0.479. The van der Waals surface area contributed by atoms with E-state index in [0.717, 1.165) is 19.4 Å². The van der Waals surface area contributed by atoms with Crippen molar-refractivity contribution in [3.05, 3.63) is 24.4 Å². The molecule has 0 fully saturated rings. The minimum Gasteiger partial charge on any atom is -0.457 e. The van der Waals surface area contributed by atoms with Crippen molar-refractivity contribution in [1.82, 2.24) is 4.90 Å². The lowest BCUT2D eigenvalue weighted by atomic mass is 9.86. The maximum absolute atomic E-state index is 12.5. The Balaban J connectivity index is 2.46. The van der Waals surface area contributed by atoms with Crippen LogP contribution in [0.3, 0.4) is 0 Å². The van der Waals surface area contributed by atoms with E-state index in [2.05, 4.69) is 17.9 Å². The Kier molecular flexibility index (Phi) is 7.18. The van der Waals surface area contributed by atoms with Gasteiger partial charge >= 0.3 is 5.97 Å². The molecule has 1 heterocycles. The highest BCUT2D eigenvalue weighted by Crippen LogP contribution is 2.28. The number of allylic oxidation sites excluding steroid dienone is 2. The normalized spacial score (nSPS) is 15.2. The van der Waals surface area contributed by atoms with Gasteiger partial charge in [-0.15, -0.1) is 0 Å². The van der Waals surface area contributed by atoms with Crippen molar-refractivity contribution in [2.75, 3.05) is 13.1 Å². The molecular formula is C19H33NO2. The van der Waals surface area contributed by atoms with Crippen LogP contribution in [-0.4, -0.2) is 29.6 Å². The average molecular weight is 307 g/mol. The van der Waals surface area contributed by atoms with Gasteiger partial charge in [0.05, 0.1) is 12.0 Å². The van der Waals surface area contributed by atoms with Crippen molar-refractivity contribution in [2.45, 2.75) is 72.3 Å². The number of hydrogen-bond donors (Lipinski definition) is 0. The summed E-state index contributed by atoms with van der Waals surface area (Å²) in [5, 5.41) is 0. The number of hydrogen-bond acceptors (Lipinski definition) is 3. The van der Waals surface area contributed by atoms with Gasteiger partial charge in [0.25, 0.3) is 0 Å². The van der Waals surface area contributed by atoms with Gasteiger partial charge in [-0.2, -0.15) is 0 Å². The Labute approximate surface area is 136 Å². The van der Waals surface area contributed by atoms with E-state index in [1.165, 1.54) is 19.3 Å². The molecule has 1 aliphatic heterocycles. The lowest BCUT2D eigenvalue weighted by Crippen LogP contribution is -2.43. The van der Waals surface area contributed by atoms with Crippen LogP contribution < -0.4 is 0 Å². The van der Waals surface area contributed by atoms with Crippen LogP contribution in [0.5, 0.6) is 0 Å². The SMILES string of the molecule is CCCCCCC(C)(C)C(=O)OC(C)(C)CN1C=CC=CC1. The molecule has 1 rings (SSSR count). The number of carbonyl (C=O) groups is 1. The Hall–Kier alpha value is -1.25. The van der Waals surface area contributed by atoms with Crippen molar-refractivity contribution in [2.24, 2.45) is 5.41 Å². The molecule has 0 aliphatic carbocycles. The van der Waals surface area contributed by atoms with E-state index in [1.807, 2.05) is 46.0 Å². The fourth-order valence-electron chi connectivity index (χ4n) is 2.63. The van der Waals surface area contributed by atoms with E-state index in [-0.39, 0.29) is 5.97 Å². The molecule has 0 N–H and O–H groups in total. The topological polar surface area (TPSA) is 29.5 Å². The molecule has 0 saturated carbocycles. The first-order chi connectivity index (χ1) is 10.3. The van der Waals surface area contributed by atoms with Crippen LogP contribution in [-0.2, 0) is 9.53 Å². The molecule has 0 radical (unpaired) electrons. The van der Waals surface area contributed by atoms with Gasteiger partial charge in [-0.25, -0.2) is 0 Å². The first-order valence-corrected chi connectivity index (χ1v) is 8.58. The second-order valence-corrected chi connectivity index (χ2v) is 7.54. The molecule has 0 bridgehead atoms. The smallest absolute Gasteiger partial charge is 0.312 e. The molecule has 126 valence electrons. The summed E-state index contributed by atoms with van der Waals surface area (Å²) in [6.45, 7) is 11.8. The summed E-state index contributed by atoms with van der Waals surface area (Å²) in [4.78, 5) is 14.7. The summed E-state index contributed by atoms with van der Waals surface area (Å²) in [6.07, 6.45) is 13.8. The zero-order valence-corrected chi connectivity index (χ0v) is 15.0. The van der Waals surface area contributed by atoms with Crippen molar-refractivity contribution in [3.63, 3.8) is 0 Å². The first-order valence-electron chi connectivity index (χ1n) is 8.58. The molecule has 3 heteroatoms. The number of nitrogens with zero attached hydrogens (tertiary/aromatic N) is 1. The molecule has 0 aromatic heterocycles. The number of carbonyl (C=O) groups excluding carboxylic acids is 1. The van der Waals surface area contributed by atoms with Crippen molar-refractivity contribution < 1.29 is 9.53 Å². The van der Waals surface area contributed by atoms with Gasteiger partial charge in [-0.1, -0.05) is 44.8 Å². The van der Waals surface area contributed by atoms with Crippen LogP contribution in [0.15, 0.2) is 24.4 Å². The Morgan fingerprint density at radius 3 is 2.45 bits per heavy atom. The van der Waals surface area contributed by atoms with Gasteiger partial charge in [0.1, 0.15) is 5.60 Å².